The van der Waals surface area contributed by atoms with Crippen molar-refractivity contribution in [3.05, 3.63) is 41.7 Å². The zero-order valence-corrected chi connectivity index (χ0v) is 11.6. The summed E-state index contributed by atoms with van der Waals surface area (Å²) in [6.45, 7) is 0. The van der Waals surface area contributed by atoms with Crippen molar-refractivity contribution in [2.24, 2.45) is 5.41 Å². The summed E-state index contributed by atoms with van der Waals surface area (Å²) in [7, 11) is 0.443. The molecule has 23 heavy (non-hydrogen) atoms. The largest absolute Gasteiger partial charge is 0.468 e. The van der Waals surface area contributed by atoms with Gasteiger partial charge in [-0.3, -0.25) is 4.79 Å². The molecule has 0 atom stereocenters. The van der Waals surface area contributed by atoms with E-state index in [4.69, 9.17) is 0 Å². The maximum absolute atomic E-state index is 13.0. The quantitative estimate of drug-likeness (QED) is 0.593. The standard InChI is InChI=1S/C14H11F7O2/c1-23-11(22)12(13(16,17)18,14(19,20)21)8-2-3-9-4-6-10(15)7-5-9/h2-7H,8H2,1H3/b3-2+. The monoisotopic (exact) mass is 344 g/mol. The number of ether oxygens (including phenoxy) is 1. The Morgan fingerprint density at radius 3 is 1.91 bits per heavy atom. The van der Waals surface area contributed by atoms with E-state index in [0.29, 0.717) is 13.2 Å². The number of esters is 1. The highest BCUT2D eigenvalue weighted by Gasteiger charge is 2.75. The molecule has 0 aliphatic carbocycles. The number of hydrogen-bond acceptors (Lipinski definition) is 2. The van der Waals surface area contributed by atoms with E-state index in [1.54, 1.807) is 0 Å². The zero-order valence-electron chi connectivity index (χ0n) is 11.6. The Kier molecular flexibility index (Phi) is 5.44. The molecule has 1 aromatic rings. The first-order valence-corrected chi connectivity index (χ1v) is 6.09. The summed E-state index contributed by atoms with van der Waals surface area (Å²) in [6, 6.07) is 4.29. The number of allylic oxidation sites excluding steroid dienone is 1. The van der Waals surface area contributed by atoms with Crippen molar-refractivity contribution in [3.63, 3.8) is 0 Å². The van der Waals surface area contributed by atoms with Crippen LogP contribution in [0.3, 0.4) is 0 Å². The molecule has 0 N–H and O–H groups in total. The molecule has 1 rings (SSSR count). The molecule has 0 fully saturated rings. The Morgan fingerprint density at radius 1 is 1.04 bits per heavy atom. The summed E-state index contributed by atoms with van der Waals surface area (Å²) in [6.07, 6.45) is -12.0. The highest BCUT2D eigenvalue weighted by Crippen LogP contribution is 2.53. The van der Waals surface area contributed by atoms with Crippen LogP contribution in [0.4, 0.5) is 30.7 Å². The van der Waals surface area contributed by atoms with E-state index in [2.05, 4.69) is 4.74 Å². The minimum absolute atomic E-state index is 0.175. The molecule has 0 saturated carbocycles. The van der Waals surface area contributed by atoms with Gasteiger partial charge in [0.25, 0.3) is 5.41 Å². The van der Waals surface area contributed by atoms with Crippen LogP contribution in [0.1, 0.15) is 12.0 Å². The predicted molar refractivity (Wildman–Crippen MR) is 66.6 cm³/mol. The number of halogens is 7. The molecule has 0 radical (unpaired) electrons. The van der Waals surface area contributed by atoms with E-state index < -0.39 is 36.0 Å². The van der Waals surface area contributed by atoms with Crippen LogP contribution in [0.15, 0.2) is 30.3 Å². The van der Waals surface area contributed by atoms with Crippen LogP contribution < -0.4 is 0 Å². The van der Waals surface area contributed by atoms with Crippen LogP contribution in [-0.2, 0) is 9.53 Å². The molecular weight excluding hydrogens is 333 g/mol. The summed E-state index contributed by atoms with van der Waals surface area (Å²) in [5, 5.41) is 0. The topological polar surface area (TPSA) is 26.3 Å². The van der Waals surface area contributed by atoms with Crippen LogP contribution in [0.2, 0.25) is 0 Å². The maximum Gasteiger partial charge on any atom is 0.414 e. The van der Waals surface area contributed by atoms with Gasteiger partial charge in [0.05, 0.1) is 7.11 Å². The van der Waals surface area contributed by atoms with Crippen LogP contribution in [0.25, 0.3) is 6.08 Å². The van der Waals surface area contributed by atoms with Gasteiger partial charge in [-0.15, -0.1) is 0 Å². The normalized spacial score (nSPS) is 13.4. The Morgan fingerprint density at radius 2 is 1.52 bits per heavy atom. The van der Waals surface area contributed by atoms with Gasteiger partial charge in [0, 0.05) is 0 Å². The molecule has 0 unspecified atom stereocenters. The number of benzene rings is 1. The summed E-state index contributed by atoms with van der Waals surface area (Å²) >= 11 is 0. The molecule has 0 saturated heterocycles. The van der Waals surface area contributed by atoms with Gasteiger partial charge in [-0.05, 0) is 24.1 Å². The highest BCUT2D eigenvalue weighted by molar-refractivity contribution is 5.79. The maximum atomic E-state index is 13.0. The van der Waals surface area contributed by atoms with Crippen molar-refractivity contribution in [1.82, 2.24) is 0 Å². The smallest absolute Gasteiger partial charge is 0.414 e. The lowest BCUT2D eigenvalue weighted by Crippen LogP contribution is -2.55. The van der Waals surface area contributed by atoms with Crippen LogP contribution in [-0.4, -0.2) is 25.4 Å². The van der Waals surface area contributed by atoms with Gasteiger partial charge in [0.15, 0.2) is 0 Å². The number of alkyl halides is 6. The first kappa shape index (κ1) is 19.0. The molecule has 128 valence electrons. The van der Waals surface area contributed by atoms with E-state index in [-0.39, 0.29) is 5.56 Å². The van der Waals surface area contributed by atoms with Gasteiger partial charge < -0.3 is 4.74 Å². The molecule has 0 aromatic heterocycles. The number of carbonyl (C=O) groups is 1. The third kappa shape index (κ3) is 3.83. The van der Waals surface area contributed by atoms with E-state index in [1.165, 1.54) is 0 Å². The first-order chi connectivity index (χ1) is 10.5. The number of hydrogen-bond donors (Lipinski definition) is 0. The fraction of sp³-hybridized carbons (Fsp3) is 0.357. The van der Waals surface area contributed by atoms with Crippen LogP contribution in [0, 0.1) is 11.2 Å². The van der Waals surface area contributed by atoms with E-state index in [0.717, 1.165) is 30.3 Å². The average Bonchev–Trinajstić information content (AvgIpc) is 2.42. The molecule has 0 aliphatic heterocycles. The van der Waals surface area contributed by atoms with Crippen molar-refractivity contribution in [1.29, 1.82) is 0 Å². The van der Waals surface area contributed by atoms with Gasteiger partial charge in [-0.2, -0.15) is 26.3 Å². The molecule has 2 nitrogen and oxygen atoms in total. The SMILES string of the molecule is COC(=O)C(C/C=C/c1ccc(F)cc1)(C(F)(F)F)C(F)(F)F. The Hall–Kier alpha value is -2.06. The van der Waals surface area contributed by atoms with Gasteiger partial charge in [-0.1, -0.05) is 24.3 Å². The molecule has 0 spiro atoms. The summed E-state index contributed by atoms with van der Waals surface area (Å²) in [5.74, 6) is -3.06. The lowest BCUT2D eigenvalue weighted by molar-refractivity contribution is -0.330. The van der Waals surface area contributed by atoms with Crippen molar-refractivity contribution >= 4 is 12.0 Å². The molecule has 0 bridgehead atoms. The van der Waals surface area contributed by atoms with Crippen molar-refractivity contribution in [2.45, 2.75) is 18.8 Å². The van der Waals surface area contributed by atoms with E-state index >= 15 is 0 Å². The average molecular weight is 344 g/mol. The van der Waals surface area contributed by atoms with Gasteiger partial charge in [-0.25, -0.2) is 4.39 Å². The van der Waals surface area contributed by atoms with Gasteiger partial charge in [0.2, 0.25) is 0 Å². The molecule has 1 aromatic carbocycles. The van der Waals surface area contributed by atoms with E-state index in [1.807, 2.05) is 0 Å². The second-order valence-corrected chi connectivity index (χ2v) is 4.55. The van der Waals surface area contributed by atoms with E-state index in [9.17, 15) is 35.5 Å². The minimum Gasteiger partial charge on any atom is -0.468 e. The number of carbonyl (C=O) groups excluding carboxylic acids is 1. The Labute approximate surface area is 126 Å². The Balaban J connectivity index is 3.20. The molecule has 0 aliphatic rings. The number of rotatable bonds is 4. The lowest BCUT2D eigenvalue weighted by atomic mass is 9.82. The zero-order chi connectivity index (χ0) is 17.9. The van der Waals surface area contributed by atoms with Crippen molar-refractivity contribution < 1.29 is 40.3 Å². The summed E-state index contributed by atoms with van der Waals surface area (Å²) < 4.78 is 94.3. The minimum atomic E-state index is -5.90. The third-order valence-corrected chi connectivity index (χ3v) is 3.11. The molecule has 0 heterocycles. The van der Waals surface area contributed by atoms with Crippen LogP contribution >= 0.6 is 0 Å². The predicted octanol–water partition coefficient (Wildman–Crippen LogP) is 4.51. The first-order valence-electron chi connectivity index (χ1n) is 6.09. The summed E-state index contributed by atoms with van der Waals surface area (Å²) in [5.41, 5.74) is -4.49. The fourth-order valence-electron chi connectivity index (χ4n) is 1.83. The van der Waals surface area contributed by atoms with Crippen molar-refractivity contribution in [3.8, 4) is 0 Å². The fourth-order valence-corrected chi connectivity index (χ4v) is 1.83. The second-order valence-electron chi connectivity index (χ2n) is 4.55. The third-order valence-electron chi connectivity index (χ3n) is 3.11. The van der Waals surface area contributed by atoms with Gasteiger partial charge in [0.1, 0.15) is 5.82 Å². The highest BCUT2D eigenvalue weighted by atomic mass is 19.4. The second kappa shape index (κ2) is 6.59. The van der Waals surface area contributed by atoms with Crippen LogP contribution in [0.5, 0.6) is 0 Å². The molecule has 0 amide bonds. The van der Waals surface area contributed by atoms with Gasteiger partial charge >= 0.3 is 18.3 Å². The number of methoxy groups -OCH3 is 1. The molecule has 9 heteroatoms. The van der Waals surface area contributed by atoms with Crippen molar-refractivity contribution in [2.75, 3.05) is 7.11 Å². The lowest BCUT2D eigenvalue weighted by Gasteiger charge is -2.33. The molecular formula is C14H11F7O2. The summed E-state index contributed by atoms with van der Waals surface area (Å²) in [4.78, 5) is 11.3. The Bertz CT molecular complexity index is 556.